The van der Waals surface area contributed by atoms with Crippen molar-refractivity contribution in [3.05, 3.63) is 83.6 Å². The van der Waals surface area contributed by atoms with E-state index in [0.29, 0.717) is 11.8 Å². The zero-order valence-corrected chi connectivity index (χ0v) is 14.4. The lowest BCUT2D eigenvalue weighted by Gasteiger charge is -2.17. The Balaban J connectivity index is 1.57. The number of nitrogens with one attached hydrogen (secondary N) is 1. The van der Waals surface area contributed by atoms with Gasteiger partial charge in [0.2, 0.25) is 5.88 Å². The molecule has 1 unspecified atom stereocenters. The Morgan fingerprint density at radius 2 is 1.88 bits per heavy atom. The summed E-state index contributed by atoms with van der Waals surface area (Å²) in [4.78, 5) is 4.39. The van der Waals surface area contributed by atoms with E-state index in [2.05, 4.69) is 49.6 Å². The minimum atomic E-state index is 0.473. The van der Waals surface area contributed by atoms with Crippen LogP contribution in [0.5, 0.6) is 11.6 Å². The van der Waals surface area contributed by atoms with Crippen molar-refractivity contribution in [1.82, 2.24) is 10.3 Å². The molecule has 1 aromatic heterocycles. The van der Waals surface area contributed by atoms with Crippen molar-refractivity contribution in [2.75, 3.05) is 0 Å². The van der Waals surface area contributed by atoms with Gasteiger partial charge in [-0.2, -0.15) is 0 Å². The fraction of sp³-hybridized carbons (Fsp3) is 0.238. The van der Waals surface area contributed by atoms with Gasteiger partial charge in [-0.15, -0.1) is 0 Å². The summed E-state index contributed by atoms with van der Waals surface area (Å²) in [6.45, 7) is 7.13. The van der Waals surface area contributed by atoms with E-state index in [1.54, 1.807) is 0 Å². The molecule has 1 aliphatic carbocycles. The van der Waals surface area contributed by atoms with Gasteiger partial charge < -0.3 is 10.1 Å². The molecule has 1 heterocycles. The summed E-state index contributed by atoms with van der Waals surface area (Å²) < 4.78 is 5.75. The topological polar surface area (TPSA) is 34.1 Å². The van der Waals surface area contributed by atoms with Crippen LogP contribution >= 0.6 is 0 Å². The summed E-state index contributed by atoms with van der Waals surface area (Å²) in [5.41, 5.74) is 4.81. The molecule has 0 aliphatic heterocycles. The summed E-state index contributed by atoms with van der Waals surface area (Å²) in [6, 6.07) is 11.9. The number of aryl methyl sites for hydroxylation is 1. The van der Waals surface area contributed by atoms with Gasteiger partial charge in [0.15, 0.2) is 0 Å². The molecule has 123 valence electrons. The Morgan fingerprint density at radius 3 is 2.54 bits per heavy atom. The molecule has 24 heavy (non-hydrogen) atoms. The van der Waals surface area contributed by atoms with Crippen LogP contribution < -0.4 is 10.1 Å². The third kappa shape index (κ3) is 4.48. The van der Waals surface area contributed by atoms with E-state index < -0.39 is 0 Å². The van der Waals surface area contributed by atoms with Crippen molar-refractivity contribution in [1.29, 1.82) is 0 Å². The Bertz CT molecular complexity index is 742. The molecule has 1 aliphatic rings. The summed E-state index contributed by atoms with van der Waals surface area (Å²) in [5, 5.41) is 3.46. The van der Waals surface area contributed by atoms with Gasteiger partial charge in [0.05, 0.1) is 0 Å². The summed E-state index contributed by atoms with van der Waals surface area (Å²) >= 11 is 0. The van der Waals surface area contributed by atoms with Gasteiger partial charge in [0.1, 0.15) is 5.75 Å². The molecular weight excluding hydrogens is 296 g/mol. The summed E-state index contributed by atoms with van der Waals surface area (Å²) in [5.74, 6) is 1.89. The zero-order chi connectivity index (χ0) is 16.9. The molecule has 3 heteroatoms. The second-order valence-electron chi connectivity index (χ2n) is 6.31. The van der Waals surface area contributed by atoms with Gasteiger partial charge in [0.25, 0.3) is 0 Å². The largest absolute Gasteiger partial charge is 0.439 e. The lowest BCUT2D eigenvalue weighted by atomic mass is 9.95. The Morgan fingerprint density at radius 1 is 1.08 bits per heavy atom. The molecule has 0 saturated carbocycles. The van der Waals surface area contributed by atoms with Crippen LogP contribution in [0.25, 0.3) is 0 Å². The van der Waals surface area contributed by atoms with Crippen molar-refractivity contribution >= 4 is 0 Å². The van der Waals surface area contributed by atoms with Crippen LogP contribution in [-0.4, -0.2) is 4.98 Å². The molecule has 0 fully saturated rings. The van der Waals surface area contributed by atoms with Gasteiger partial charge in [-0.3, -0.25) is 0 Å². The van der Waals surface area contributed by atoms with Crippen LogP contribution in [0.15, 0.2) is 66.0 Å². The lowest BCUT2D eigenvalue weighted by Crippen LogP contribution is -2.15. The van der Waals surface area contributed by atoms with E-state index in [0.717, 1.165) is 17.9 Å². The molecule has 0 amide bonds. The maximum absolute atomic E-state index is 5.75. The van der Waals surface area contributed by atoms with Gasteiger partial charge >= 0.3 is 0 Å². The first kappa shape index (κ1) is 16.3. The zero-order valence-electron chi connectivity index (χ0n) is 14.4. The molecule has 3 rings (SSSR count). The number of rotatable bonds is 5. The highest BCUT2D eigenvalue weighted by Crippen LogP contribution is 2.21. The smallest absolute Gasteiger partial charge is 0.219 e. The normalized spacial score (nSPS) is 17.0. The van der Waals surface area contributed by atoms with E-state index in [9.17, 15) is 0 Å². The number of hydrogen-bond acceptors (Lipinski definition) is 3. The van der Waals surface area contributed by atoms with Crippen LogP contribution in [0.3, 0.4) is 0 Å². The van der Waals surface area contributed by atoms with Gasteiger partial charge in [-0.05, 0) is 50.0 Å². The Labute approximate surface area is 144 Å². The number of aromatic nitrogens is 1. The third-order valence-electron chi connectivity index (χ3n) is 3.89. The number of ether oxygens (including phenoxy) is 1. The van der Waals surface area contributed by atoms with Gasteiger partial charge in [0, 0.05) is 24.5 Å². The molecule has 2 aromatic rings. The molecule has 0 saturated heterocycles. The first-order valence-electron chi connectivity index (χ1n) is 8.27. The minimum absolute atomic E-state index is 0.473. The average Bonchev–Trinajstić information content (AvgIpc) is 2.55. The van der Waals surface area contributed by atoms with Crippen molar-refractivity contribution in [2.45, 2.75) is 27.3 Å². The number of nitrogens with zero attached hydrogens (tertiary/aromatic N) is 1. The molecule has 1 atom stereocenters. The number of allylic oxidation sites excluding steroid dienone is 3. The molecule has 0 bridgehead atoms. The van der Waals surface area contributed by atoms with E-state index >= 15 is 0 Å². The van der Waals surface area contributed by atoms with Crippen molar-refractivity contribution < 1.29 is 4.74 Å². The first-order chi connectivity index (χ1) is 11.6. The molecule has 1 N–H and O–H groups in total. The molecule has 1 aromatic carbocycles. The fourth-order valence-corrected chi connectivity index (χ4v) is 2.70. The van der Waals surface area contributed by atoms with Gasteiger partial charge in [-0.1, -0.05) is 42.3 Å². The van der Waals surface area contributed by atoms with E-state index in [4.69, 9.17) is 4.74 Å². The highest BCUT2D eigenvalue weighted by Gasteiger charge is 2.08. The van der Waals surface area contributed by atoms with E-state index in [-0.39, 0.29) is 0 Å². The first-order valence-corrected chi connectivity index (χ1v) is 8.27. The predicted octanol–water partition coefficient (Wildman–Crippen LogP) is 4.96. The molecular formula is C21H23N2O. The highest BCUT2D eigenvalue weighted by atomic mass is 16.5. The highest BCUT2D eigenvalue weighted by molar-refractivity contribution is 5.34. The SMILES string of the molecule is CC1=CC(NCc2ccc(Oc3ccc(C)cc3)nc2)=CC(C)[CH]1. The van der Waals surface area contributed by atoms with Gasteiger partial charge in [-0.25, -0.2) is 4.98 Å². The Kier molecular flexibility index (Phi) is 4.99. The quantitative estimate of drug-likeness (QED) is 0.846. The van der Waals surface area contributed by atoms with Crippen LogP contribution in [-0.2, 0) is 6.54 Å². The monoisotopic (exact) mass is 319 g/mol. The van der Waals surface area contributed by atoms with E-state index in [1.807, 2.05) is 42.6 Å². The van der Waals surface area contributed by atoms with Crippen LogP contribution in [0.4, 0.5) is 0 Å². The Hall–Kier alpha value is -2.55. The predicted molar refractivity (Wildman–Crippen MR) is 97.6 cm³/mol. The van der Waals surface area contributed by atoms with Crippen LogP contribution in [0.2, 0.25) is 0 Å². The second kappa shape index (κ2) is 7.35. The average molecular weight is 319 g/mol. The van der Waals surface area contributed by atoms with Crippen molar-refractivity contribution in [2.24, 2.45) is 5.92 Å². The van der Waals surface area contributed by atoms with Crippen molar-refractivity contribution in [3.8, 4) is 11.6 Å². The fourth-order valence-electron chi connectivity index (χ4n) is 2.70. The molecule has 1 radical (unpaired) electrons. The van der Waals surface area contributed by atoms with Crippen LogP contribution in [0, 0.1) is 19.3 Å². The standard InChI is InChI=1S/C21H23N2O/c1-15-4-7-20(8-5-15)24-21-9-6-18(14-23-21)13-22-19-11-16(2)10-17(3)12-19/h4-12,14,16,22H,13H2,1-3H3. The second-order valence-corrected chi connectivity index (χ2v) is 6.31. The van der Waals surface area contributed by atoms with Crippen molar-refractivity contribution in [3.63, 3.8) is 0 Å². The minimum Gasteiger partial charge on any atom is -0.439 e. The third-order valence-corrected chi connectivity index (χ3v) is 3.89. The summed E-state index contributed by atoms with van der Waals surface area (Å²) in [6.07, 6.45) is 8.51. The summed E-state index contributed by atoms with van der Waals surface area (Å²) in [7, 11) is 0. The number of pyridine rings is 1. The number of hydrogen-bond donors (Lipinski definition) is 1. The number of benzene rings is 1. The maximum Gasteiger partial charge on any atom is 0.219 e. The molecule has 0 spiro atoms. The van der Waals surface area contributed by atoms with E-state index in [1.165, 1.54) is 16.8 Å². The maximum atomic E-state index is 5.75. The molecule has 3 nitrogen and oxygen atoms in total. The lowest BCUT2D eigenvalue weighted by molar-refractivity contribution is 0.462. The van der Waals surface area contributed by atoms with Crippen LogP contribution in [0.1, 0.15) is 25.0 Å².